The third kappa shape index (κ3) is 6.13. The molecule has 0 aliphatic carbocycles. The van der Waals surface area contributed by atoms with E-state index in [1.54, 1.807) is 16.8 Å². The summed E-state index contributed by atoms with van der Waals surface area (Å²) in [4.78, 5) is 28.5. The number of rotatable bonds is 8. The van der Waals surface area contributed by atoms with Crippen molar-refractivity contribution in [3.63, 3.8) is 0 Å². The Balaban J connectivity index is 1.48. The number of carbonyl (C=O) groups is 2. The molecule has 3 rings (SSSR count). The molecule has 3 heterocycles. The van der Waals surface area contributed by atoms with Crippen molar-refractivity contribution < 1.29 is 18.0 Å². The van der Waals surface area contributed by atoms with Gasteiger partial charge in [-0.05, 0) is 13.3 Å². The number of nitrogens with zero attached hydrogens (tertiary/aromatic N) is 4. The quantitative estimate of drug-likeness (QED) is 0.521. The van der Waals surface area contributed by atoms with Crippen LogP contribution in [0.15, 0.2) is 18.7 Å². The van der Waals surface area contributed by atoms with E-state index in [1.807, 2.05) is 11.8 Å². The topological polar surface area (TPSA) is 117 Å². The van der Waals surface area contributed by atoms with Crippen LogP contribution in [0.4, 0.5) is 5.82 Å². The molecule has 0 aromatic carbocycles. The lowest BCUT2D eigenvalue weighted by Crippen LogP contribution is -2.51. The van der Waals surface area contributed by atoms with Gasteiger partial charge in [0.15, 0.2) is 9.84 Å². The van der Waals surface area contributed by atoms with Crippen LogP contribution < -0.4 is 10.6 Å². The fourth-order valence-corrected chi connectivity index (χ4v) is 5.48. The van der Waals surface area contributed by atoms with Crippen molar-refractivity contribution in [2.45, 2.75) is 19.4 Å². The van der Waals surface area contributed by atoms with Gasteiger partial charge < -0.3 is 10.6 Å². The summed E-state index contributed by atoms with van der Waals surface area (Å²) in [5.74, 6) is 0.559. The number of carbonyl (C=O) groups excluding carboxylic acids is 2. The SMILES string of the molecule is C=CCNC(=O)CN1CCN(CC(=O)Nc2cc(C)nn2C2CCS(=O)(=O)C2)CC1. The Labute approximate surface area is 177 Å². The predicted molar refractivity (Wildman–Crippen MR) is 114 cm³/mol. The number of hydrogen-bond donors (Lipinski definition) is 2. The summed E-state index contributed by atoms with van der Waals surface area (Å²) >= 11 is 0. The first-order valence-corrected chi connectivity index (χ1v) is 12.0. The normalized spacial score (nSPS) is 22.0. The van der Waals surface area contributed by atoms with E-state index in [1.165, 1.54) is 0 Å². The number of nitrogens with one attached hydrogen (secondary N) is 2. The zero-order valence-corrected chi connectivity index (χ0v) is 18.2. The number of aryl methyl sites for hydroxylation is 1. The maximum absolute atomic E-state index is 12.6. The summed E-state index contributed by atoms with van der Waals surface area (Å²) < 4.78 is 25.2. The van der Waals surface area contributed by atoms with E-state index in [2.05, 4.69) is 27.2 Å². The molecule has 2 amide bonds. The molecule has 1 aromatic rings. The van der Waals surface area contributed by atoms with E-state index in [0.29, 0.717) is 51.5 Å². The van der Waals surface area contributed by atoms with Crippen LogP contribution >= 0.6 is 0 Å². The van der Waals surface area contributed by atoms with E-state index < -0.39 is 9.84 Å². The minimum atomic E-state index is -3.04. The number of sulfone groups is 1. The van der Waals surface area contributed by atoms with Gasteiger partial charge in [0, 0.05) is 38.8 Å². The lowest BCUT2D eigenvalue weighted by atomic mass is 10.3. The zero-order chi connectivity index (χ0) is 21.7. The fraction of sp³-hybridized carbons (Fsp3) is 0.632. The maximum atomic E-state index is 12.6. The van der Waals surface area contributed by atoms with Gasteiger partial charge in [-0.2, -0.15) is 5.10 Å². The summed E-state index contributed by atoms with van der Waals surface area (Å²) in [6, 6.07) is 1.53. The molecule has 2 saturated heterocycles. The monoisotopic (exact) mass is 438 g/mol. The van der Waals surface area contributed by atoms with Gasteiger partial charge in [0.2, 0.25) is 11.8 Å². The van der Waals surface area contributed by atoms with Crippen LogP contribution in [0.5, 0.6) is 0 Å². The number of piperazine rings is 1. The molecule has 1 unspecified atom stereocenters. The maximum Gasteiger partial charge on any atom is 0.239 e. The van der Waals surface area contributed by atoms with E-state index in [4.69, 9.17) is 0 Å². The minimum absolute atomic E-state index is 0.0290. The average molecular weight is 439 g/mol. The number of amides is 2. The van der Waals surface area contributed by atoms with Crippen molar-refractivity contribution in [2.24, 2.45) is 0 Å². The highest BCUT2D eigenvalue weighted by Crippen LogP contribution is 2.27. The summed E-state index contributed by atoms with van der Waals surface area (Å²) in [5, 5.41) is 10.0. The molecule has 30 heavy (non-hydrogen) atoms. The number of anilines is 1. The Kier molecular flexibility index (Phi) is 7.27. The van der Waals surface area contributed by atoms with Crippen LogP contribution in [-0.2, 0) is 19.4 Å². The van der Waals surface area contributed by atoms with E-state index >= 15 is 0 Å². The molecule has 0 bridgehead atoms. The zero-order valence-electron chi connectivity index (χ0n) is 17.3. The van der Waals surface area contributed by atoms with Crippen molar-refractivity contribution >= 4 is 27.5 Å². The molecule has 2 aliphatic rings. The van der Waals surface area contributed by atoms with Crippen LogP contribution in [0, 0.1) is 6.92 Å². The van der Waals surface area contributed by atoms with Crippen molar-refractivity contribution in [2.75, 3.05) is 62.6 Å². The van der Waals surface area contributed by atoms with Crippen molar-refractivity contribution in [3.8, 4) is 0 Å². The summed E-state index contributed by atoms with van der Waals surface area (Å²) in [5.41, 5.74) is 0.734. The number of aromatic nitrogens is 2. The van der Waals surface area contributed by atoms with E-state index in [9.17, 15) is 18.0 Å². The fourth-order valence-electron chi connectivity index (χ4n) is 3.79. The van der Waals surface area contributed by atoms with E-state index in [-0.39, 0.29) is 35.9 Å². The van der Waals surface area contributed by atoms with Gasteiger partial charge in [0.25, 0.3) is 0 Å². The van der Waals surface area contributed by atoms with Crippen LogP contribution in [0.1, 0.15) is 18.2 Å². The summed E-state index contributed by atoms with van der Waals surface area (Å²) in [6.07, 6.45) is 2.15. The second-order valence-electron chi connectivity index (χ2n) is 7.87. The molecular weight excluding hydrogens is 408 g/mol. The van der Waals surface area contributed by atoms with Gasteiger partial charge in [0.05, 0.1) is 36.3 Å². The van der Waals surface area contributed by atoms with Gasteiger partial charge in [-0.3, -0.25) is 19.4 Å². The molecule has 0 saturated carbocycles. The highest BCUT2D eigenvalue weighted by atomic mass is 32.2. The lowest BCUT2D eigenvalue weighted by Gasteiger charge is -2.33. The van der Waals surface area contributed by atoms with E-state index in [0.717, 1.165) is 5.69 Å². The first-order chi connectivity index (χ1) is 14.3. The molecule has 1 aromatic heterocycles. The van der Waals surface area contributed by atoms with Gasteiger partial charge in [-0.25, -0.2) is 13.1 Å². The smallest absolute Gasteiger partial charge is 0.239 e. The summed E-state index contributed by atoms with van der Waals surface area (Å²) in [7, 11) is -3.04. The Morgan fingerprint density at radius 1 is 1.20 bits per heavy atom. The van der Waals surface area contributed by atoms with Gasteiger partial charge in [0.1, 0.15) is 5.82 Å². The van der Waals surface area contributed by atoms with Crippen LogP contribution in [0.2, 0.25) is 0 Å². The molecular formula is C19H30N6O4S. The molecule has 11 heteroatoms. The molecule has 2 aliphatic heterocycles. The Morgan fingerprint density at radius 2 is 1.83 bits per heavy atom. The molecule has 0 spiro atoms. The molecule has 2 fully saturated rings. The highest BCUT2D eigenvalue weighted by Gasteiger charge is 2.31. The molecule has 10 nitrogen and oxygen atoms in total. The van der Waals surface area contributed by atoms with Crippen LogP contribution in [-0.4, -0.2) is 97.1 Å². The van der Waals surface area contributed by atoms with Crippen molar-refractivity contribution in [3.05, 3.63) is 24.4 Å². The van der Waals surface area contributed by atoms with Gasteiger partial charge >= 0.3 is 0 Å². The third-order valence-electron chi connectivity index (χ3n) is 5.32. The average Bonchev–Trinajstić information content (AvgIpc) is 3.22. The van der Waals surface area contributed by atoms with Gasteiger partial charge in [-0.15, -0.1) is 6.58 Å². The summed E-state index contributed by atoms with van der Waals surface area (Å²) in [6.45, 7) is 9.26. The molecule has 166 valence electrons. The lowest BCUT2D eigenvalue weighted by molar-refractivity contribution is -0.123. The predicted octanol–water partition coefficient (Wildman–Crippen LogP) is -0.591. The first-order valence-electron chi connectivity index (χ1n) is 10.1. The van der Waals surface area contributed by atoms with Gasteiger partial charge in [-0.1, -0.05) is 6.08 Å². The molecule has 1 atom stereocenters. The van der Waals surface area contributed by atoms with Crippen molar-refractivity contribution in [1.82, 2.24) is 24.9 Å². The third-order valence-corrected chi connectivity index (χ3v) is 7.07. The Bertz CT molecular complexity index is 889. The second kappa shape index (κ2) is 9.71. The number of hydrogen-bond acceptors (Lipinski definition) is 7. The van der Waals surface area contributed by atoms with Crippen LogP contribution in [0.25, 0.3) is 0 Å². The molecule has 0 radical (unpaired) electrons. The first kappa shape index (κ1) is 22.4. The molecule has 2 N–H and O–H groups in total. The van der Waals surface area contributed by atoms with Crippen molar-refractivity contribution in [1.29, 1.82) is 0 Å². The Hall–Kier alpha value is -2.24. The second-order valence-corrected chi connectivity index (χ2v) is 10.1. The standard InChI is InChI=1S/C19H30N6O4S/c1-3-5-20-18(26)12-23-6-8-24(9-7-23)13-19(27)21-17-11-15(2)22-25(17)16-4-10-30(28,29)14-16/h3,11,16H,1,4-10,12-14H2,2H3,(H,20,26)(H,21,27). The van der Waals surface area contributed by atoms with Crippen LogP contribution in [0.3, 0.4) is 0 Å². The minimum Gasteiger partial charge on any atom is -0.352 e. The highest BCUT2D eigenvalue weighted by molar-refractivity contribution is 7.91. The Morgan fingerprint density at radius 3 is 2.40 bits per heavy atom. The largest absolute Gasteiger partial charge is 0.352 e.